The summed E-state index contributed by atoms with van der Waals surface area (Å²) >= 11 is 0. The van der Waals surface area contributed by atoms with Crippen LogP contribution in [0, 0.1) is 11.7 Å². The Morgan fingerprint density at radius 3 is 3.00 bits per heavy atom. The predicted octanol–water partition coefficient (Wildman–Crippen LogP) is 3.01. The Labute approximate surface area is 124 Å². The molecule has 0 bridgehead atoms. The monoisotopic (exact) mass is 292 g/mol. The van der Waals surface area contributed by atoms with Gasteiger partial charge in [0.05, 0.1) is 11.7 Å². The summed E-state index contributed by atoms with van der Waals surface area (Å²) in [5.74, 6) is 0.258. The Kier molecular flexibility index (Phi) is 3.85. The molecule has 1 fully saturated rings. The Hall–Kier alpha value is -1.62. The average molecular weight is 292 g/mol. The van der Waals surface area contributed by atoms with Crippen LogP contribution in [0.1, 0.15) is 25.8 Å². The van der Waals surface area contributed by atoms with Gasteiger partial charge in [0.25, 0.3) is 0 Å². The lowest BCUT2D eigenvalue weighted by molar-refractivity contribution is 0.177. The molecule has 2 aliphatic heterocycles. The summed E-state index contributed by atoms with van der Waals surface area (Å²) in [4.78, 5) is 16.0. The molecule has 2 aliphatic rings. The molecule has 21 heavy (non-hydrogen) atoms. The maximum atomic E-state index is 13.6. The zero-order valence-electron chi connectivity index (χ0n) is 12.5. The van der Waals surface area contributed by atoms with Gasteiger partial charge < -0.3 is 4.74 Å². The van der Waals surface area contributed by atoms with Crippen molar-refractivity contribution in [3.05, 3.63) is 29.6 Å². The van der Waals surface area contributed by atoms with Crippen LogP contribution in [0.3, 0.4) is 0 Å². The van der Waals surface area contributed by atoms with Gasteiger partial charge in [-0.3, -0.25) is 9.80 Å². The summed E-state index contributed by atoms with van der Waals surface area (Å²) < 4.78 is 18.8. The van der Waals surface area contributed by atoms with E-state index < -0.39 is 0 Å². The second kappa shape index (κ2) is 5.64. The minimum atomic E-state index is -0.357. The van der Waals surface area contributed by atoms with Gasteiger partial charge in [0.15, 0.2) is 0 Å². The van der Waals surface area contributed by atoms with Crippen LogP contribution in [0.2, 0.25) is 0 Å². The fourth-order valence-corrected chi connectivity index (χ4v) is 3.19. The molecule has 0 spiro atoms. The SMILES string of the molecule is CC(C)CN1CC[C@H]2COC(=O)N2c2cc(F)ccc2C1. The van der Waals surface area contributed by atoms with E-state index in [1.165, 1.54) is 12.1 Å². The Bertz CT molecular complexity index is 547. The number of halogens is 1. The third-order valence-corrected chi connectivity index (χ3v) is 4.06. The lowest BCUT2D eigenvalue weighted by Gasteiger charge is -2.33. The highest BCUT2D eigenvalue weighted by molar-refractivity contribution is 5.91. The molecule has 0 radical (unpaired) electrons. The van der Waals surface area contributed by atoms with Gasteiger partial charge in [0.2, 0.25) is 0 Å². The van der Waals surface area contributed by atoms with Crippen molar-refractivity contribution in [3.63, 3.8) is 0 Å². The number of rotatable bonds is 2. The van der Waals surface area contributed by atoms with Gasteiger partial charge in [-0.15, -0.1) is 0 Å². The zero-order chi connectivity index (χ0) is 15.0. The molecule has 1 amide bonds. The van der Waals surface area contributed by atoms with Gasteiger partial charge in [0, 0.05) is 19.6 Å². The van der Waals surface area contributed by atoms with E-state index in [0.29, 0.717) is 18.2 Å². The molecule has 2 heterocycles. The molecule has 0 aromatic heterocycles. The average Bonchev–Trinajstić information content (AvgIpc) is 2.76. The number of amides is 1. The molecule has 1 atom stereocenters. The Morgan fingerprint density at radius 2 is 2.24 bits per heavy atom. The maximum absolute atomic E-state index is 13.6. The largest absolute Gasteiger partial charge is 0.447 e. The molecular weight excluding hydrogens is 271 g/mol. The molecule has 0 N–H and O–H groups in total. The van der Waals surface area contributed by atoms with Crippen LogP contribution in [-0.4, -0.2) is 36.7 Å². The number of ether oxygens (including phenoxy) is 1. The van der Waals surface area contributed by atoms with Crippen molar-refractivity contribution < 1.29 is 13.9 Å². The molecule has 0 saturated carbocycles. The quantitative estimate of drug-likeness (QED) is 0.840. The number of cyclic esters (lactones) is 1. The summed E-state index contributed by atoms with van der Waals surface area (Å²) in [6.45, 7) is 7.44. The third-order valence-electron chi connectivity index (χ3n) is 4.06. The fourth-order valence-electron chi connectivity index (χ4n) is 3.19. The molecule has 1 aromatic rings. The lowest BCUT2D eigenvalue weighted by atomic mass is 10.0. The Morgan fingerprint density at radius 1 is 1.43 bits per heavy atom. The van der Waals surface area contributed by atoms with Crippen LogP contribution in [0.15, 0.2) is 18.2 Å². The molecule has 5 heteroatoms. The second-order valence-corrected chi connectivity index (χ2v) is 6.29. The van der Waals surface area contributed by atoms with E-state index in [1.807, 2.05) is 0 Å². The fraction of sp³-hybridized carbons (Fsp3) is 0.562. The number of fused-ring (bicyclic) bond motifs is 3. The highest BCUT2D eigenvalue weighted by atomic mass is 19.1. The number of carbonyl (C=O) groups excluding carboxylic acids is 1. The smallest absolute Gasteiger partial charge is 0.414 e. The number of nitrogens with zero attached hydrogens (tertiary/aromatic N) is 2. The first-order valence-electron chi connectivity index (χ1n) is 7.51. The topological polar surface area (TPSA) is 32.8 Å². The van der Waals surface area contributed by atoms with E-state index in [0.717, 1.165) is 31.6 Å². The molecule has 0 unspecified atom stereocenters. The highest BCUT2D eigenvalue weighted by Gasteiger charge is 2.37. The molecule has 1 saturated heterocycles. The van der Waals surface area contributed by atoms with E-state index in [-0.39, 0.29) is 18.0 Å². The number of hydrogen-bond donors (Lipinski definition) is 0. The zero-order valence-corrected chi connectivity index (χ0v) is 12.5. The molecule has 1 aromatic carbocycles. The van der Waals surface area contributed by atoms with Crippen LogP contribution < -0.4 is 4.90 Å². The first kappa shape index (κ1) is 14.3. The van der Waals surface area contributed by atoms with Gasteiger partial charge in [-0.2, -0.15) is 0 Å². The second-order valence-electron chi connectivity index (χ2n) is 6.29. The maximum Gasteiger partial charge on any atom is 0.414 e. The highest BCUT2D eigenvalue weighted by Crippen LogP contribution is 2.32. The van der Waals surface area contributed by atoms with Crippen LogP contribution in [0.5, 0.6) is 0 Å². The lowest BCUT2D eigenvalue weighted by Crippen LogP contribution is -2.41. The van der Waals surface area contributed by atoms with Gasteiger partial charge in [-0.05, 0) is 30.0 Å². The first-order chi connectivity index (χ1) is 10.0. The van der Waals surface area contributed by atoms with Gasteiger partial charge in [-0.25, -0.2) is 9.18 Å². The van der Waals surface area contributed by atoms with Crippen molar-refractivity contribution in [1.29, 1.82) is 0 Å². The Balaban J connectivity index is 1.97. The molecule has 3 rings (SSSR count). The third kappa shape index (κ3) is 2.88. The van der Waals surface area contributed by atoms with Gasteiger partial charge >= 0.3 is 6.09 Å². The van der Waals surface area contributed by atoms with Crippen molar-refractivity contribution in [2.45, 2.75) is 32.9 Å². The predicted molar refractivity (Wildman–Crippen MR) is 78.7 cm³/mol. The summed E-state index contributed by atoms with van der Waals surface area (Å²) in [7, 11) is 0. The van der Waals surface area contributed by atoms with Crippen molar-refractivity contribution in [3.8, 4) is 0 Å². The van der Waals surface area contributed by atoms with Crippen molar-refractivity contribution in [1.82, 2.24) is 4.90 Å². The minimum absolute atomic E-state index is 0.00742. The first-order valence-corrected chi connectivity index (χ1v) is 7.51. The minimum Gasteiger partial charge on any atom is -0.447 e. The van der Waals surface area contributed by atoms with Gasteiger partial charge in [-0.1, -0.05) is 19.9 Å². The van der Waals surface area contributed by atoms with E-state index in [2.05, 4.69) is 18.7 Å². The summed E-state index contributed by atoms with van der Waals surface area (Å²) in [6.07, 6.45) is 0.498. The van der Waals surface area contributed by atoms with Crippen LogP contribution in [-0.2, 0) is 11.3 Å². The summed E-state index contributed by atoms with van der Waals surface area (Å²) in [5, 5.41) is 0. The van der Waals surface area contributed by atoms with Crippen molar-refractivity contribution in [2.75, 3.05) is 24.6 Å². The van der Waals surface area contributed by atoms with E-state index in [4.69, 9.17) is 4.74 Å². The molecule has 114 valence electrons. The molecule has 4 nitrogen and oxygen atoms in total. The van der Waals surface area contributed by atoms with Crippen LogP contribution in [0.4, 0.5) is 14.9 Å². The van der Waals surface area contributed by atoms with Crippen LogP contribution in [0.25, 0.3) is 0 Å². The summed E-state index contributed by atoms with van der Waals surface area (Å²) in [5.41, 5.74) is 1.65. The van der Waals surface area contributed by atoms with Crippen molar-refractivity contribution >= 4 is 11.8 Å². The number of benzene rings is 1. The van der Waals surface area contributed by atoms with E-state index in [9.17, 15) is 9.18 Å². The van der Waals surface area contributed by atoms with E-state index >= 15 is 0 Å². The number of carbonyl (C=O) groups is 1. The normalized spacial score (nSPS) is 22.6. The summed E-state index contributed by atoms with van der Waals surface area (Å²) in [6, 6.07) is 4.71. The molecule has 0 aliphatic carbocycles. The number of anilines is 1. The molecular formula is C16H21FN2O2. The van der Waals surface area contributed by atoms with Crippen molar-refractivity contribution in [2.24, 2.45) is 5.92 Å². The van der Waals surface area contributed by atoms with Gasteiger partial charge in [0.1, 0.15) is 12.4 Å². The van der Waals surface area contributed by atoms with E-state index in [1.54, 1.807) is 11.0 Å². The van der Waals surface area contributed by atoms with Crippen LogP contribution >= 0.6 is 0 Å². The standard InChI is InChI=1S/C16H21FN2O2/c1-11(2)8-18-6-5-14-10-21-16(20)19(14)15-7-13(17)4-3-12(15)9-18/h3-4,7,11,14H,5-6,8-10H2,1-2H3/t14-/m0/s1. The number of hydrogen-bond acceptors (Lipinski definition) is 3.